The summed E-state index contributed by atoms with van der Waals surface area (Å²) in [5.41, 5.74) is 10.3. The van der Waals surface area contributed by atoms with E-state index in [1.807, 2.05) is 72.8 Å². The van der Waals surface area contributed by atoms with Crippen LogP contribution in [0.5, 0.6) is 0 Å². The van der Waals surface area contributed by atoms with Crippen LogP contribution in [0.4, 0.5) is 0 Å². The lowest BCUT2D eigenvalue weighted by molar-refractivity contribution is 0.669. The fraction of sp³-hybridized carbons (Fsp3) is 0. The van der Waals surface area contributed by atoms with E-state index in [0.717, 1.165) is 82.8 Å². The fourth-order valence-corrected chi connectivity index (χ4v) is 7.78. The fourth-order valence-electron chi connectivity index (χ4n) is 7.78. The Kier molecular flexibility index (Phi) is 6.79. The van der Waals surface area contributed by atoms with E-state index in [1.54, 1.807) is 0 Å². The summed E-state index contributed by atoms with van der Waals surface area (Å²) in [7, 11) is 0. The molecule has 5 heteroatoms. The Morgan fingerprint density at radius 3 is 1.76 bits per heavy atom. The van der Waals surface area contributed by atoms with Gasteiger partial charge in [-0.25, -0.2) is 15.0 Å². The molecular weight excluding hydrogens is 663 g/mol. The summed E-state index contributed by atoms with van der Waals surface area (Å²) in [6.45, 7) is 0. The monoisotopic (exact) mass is 691 g/mol. The van der Waals surface area contributed by atoms with E-state index in [0.29, 0.717) is 17.5 Å². The molecule has 5 nitrogen and oxygen atoms in total. The molecule has 3 aromatic heterocycles. The highest BCUT2D eigenvalue weighted by molar-refractivity contribution is 6.17. The van der Waals surface area contributed by atoms with E-state index in [1.165, 1.54) is 10.8 Å². The Morgan fingerprint density at radius 1 is 0.315 bits per heavy atom. The van der Waals surface area contributed by atoms with Crippen LogP contribution in [0, 0.1) is 0 Å². The Morgan fingerprint density at radius 2 is 0.907 bits per heavy atom. The van der Waals surface area contributed by atoms with Crippen molar-refractivity contribution >= 4 is 54.6 Å². The summed E-state index contributed by atoms with van der Waals surface area (Å²) in [5.74, 6) is 1.78. The minimum absolute atomic E-state index is 0.587. The van der Waals surface area contributed by atoms with Gasteiger partial charge in [-0.15, -0.1) is 0 Å². The summed E-state index contributed by atoms with van der Waals surface area (Å²) in [6.07, 6.45) is 0. The van der Waals surface area contributed by atoms with Gasteiger partial charge in [-0.2, -0.15) is 0 Å². The zero-order valence-electron chi connectivity index (χ0n) is 28.9. The number of rotatable bonds is 5. The molecule has 8 aromatic carbocycles. The van der Waals surface area contributed by atoms with Gasteiger partial charge in [0.15, 0.2) is 17.5 Å². The number of fused-ring (bicyclic) bond motifs is 7. The molecular formula is C49H29N3O2. The summed E-state index contributed by atoms with van der Waals surface area (Å²) in [4.78, 5) is 15.3. The zero-order chi connectivity index (χ0) is 35.6. The predicted octanol–water partition coefficient (Wildman–Crippen LogP) is 13.2. The largest absolute Gasteiger partial charge is 0.456 e. The Hall–Kier alpha value is -7.37. The third kappa shape index (κ3) is 4.90. The van der Waals surface area contributed by atoms with Crippen molar-refractivity contribution in [3.63, 3.8) is 0 Å². The third-order valence-electron chi connectivity index (χ3n) is 10.3. The van der Waals surface area contributed by atoms with E-state index < -0.39 is 0 Å². The van der Waals surface area contributed by atoms with Crippen LogP contribution < -0.4 is 0 Å². The maximum absolute atomic E-state index is 6.67. The van der Waals surface area contributed by atoms with Crippen molar-refractivity contribution in [2.75, 3.05) is 0 Å². The molecule has 11 rings (SSSR count). The highest BCUT2D eigenvalue weighted by Gasteiger charge is 2.20. The minimum atomic E-state index is 0.587. The molecule has 0 bridgehead atoms. The molecule has 0 aliphatic carbocycles. The van der Waals surface area contributed by atoms with Gasteiger partial charge in [-0.1, -0.05) is 140 Å². The summed E-state index contributed by atoms with van der Waals surface area (Å²) >= 11 is 0. The maximum Gasteiger partial charge on any atom is 0.164 e. The Bertz CT molecular complexity index is 3230. The van der Waals surface area contributed by atoms with Crippen LogP contribution >= 0.6 is 0 Å². The third-order valence-corrected chi connectivity index (χ3v) is 10.3. The zero-order valence-corrected chi connectivity index (χ0v) is 28.9. The van der Waals surface area contributed by atoms with Crippen LogP contribution in [0.2, 0.25) is 0 Å². The lowest BCUT2D eigenvalue weighted by Gasteiger charge is -2.12. The van der Waals surface area contributed by atoms with E-state index in [9.17, 15) is 0 Å². The summed E-state index contributed by atoms with van der Waals surface area (Å²) in [5, 5.41) is 6.57. The van der Waals surface area contributed by atoms with Gasteiger partial charge in [0.2, 0.25) is 0 Å². The molecule has 3 heterocycles. The lowest BCUT2D eigenvalue weighted by Crippen LogP contribution is -2.00. The van der Waals surface area contributed by atoms with Crippen LogP contribution in [0.15, 0.2) is 185 Å². The standard InChI is InChI=1S/C49H29N3O2/c1-2-13-31(14-3-1)47-50-48(52-49(51-47)40-20-11-23-43-44(40)38-18-6-8-21-41(38)53-43)35-17-10-16-33(29-35)36-26-27-37(34-25-24-30-12-4-5-15-32(30)28-34)46-45(36)39-19-7-9-22-42(39)54-46/h1-29H. The highest BCUT2D eigenvalue weighted by Crippen LogP contribution is 2.43. The Labute approximate surface area is 309 Å². The minimum Gasteiger partial charge on any atom is -0.456 e. The van der Waals surface area contributed by atoms with Crippen molar-refractivity contribution < 1.29 is 8.83 Å². The average Bonchev–Trinajstić information content (AvgIpc) is 3.83. The number of benzene rings is 8. The van der Waals surface area contributed by atoms with E-state index in [-0.39, 0.29) is 0 Å². The van der Waals surface area contributed by atoms with Gasteiger partial charge in [-0.3, -0.25) is 0 Å². The molecule has 0 fully saturated rings. The first-order valence-corrected chi connectivity index (χ1v) is 18.0. The molecule has 0 atom stereocenters. The van der Waals surface area contributed by atoms with Crippen LogP contribution in [-0.2, 0) is 0 Å². The normalized spacial score (nSPS) is 11.7. The van der Waals surface area contributed by atoms with Gasteiger partial charge in [0.1, 0.15) is 22.3 Å². The molecule has 54 heavy (non-hydrogen) atoms. The SMILES string of the molecule is c1ccc(-c2nc(-c3cccc(-c4ccc(-c5ccc6ccccc6c5)c5oc6ccccc6c45)c3)nc(-c3cccc4oc5ccccc5c34)n2)cc1. The van der Waals surface area contributed by atoms with Crippen molar-refractivity contribution in [2.24, 2.45) is 0 Å². The first-order chi connectivity index (χ1) is 26.7. The molecule has 0 saturated heterocycles. The lowest BCUT2D eigenvalue weighted by atomic mass is 9.93. The number of hydrogen-bond donors (Lipinski definition) is 0. The first kappa shape index (κ1) is 30.3. The molecule has 0 N–H and O–H groups in total. The van der Waals surface area contributed by atoms with Crippen molar-refractivity contribution in [3.8, 4) is 56.4 Å². The van der Waals surface area contributed by atoms with E-state index in [2.05, 4.69) is 103 Å². The van der Waals surface area contributed by atoms with Crippen molar-refractivity contribution in [3.05, 3.63) is 176 Å². The highest BCUT2D eigenvalue weighted by atomic mass is 16.3. The summed E-state index contributed by atoms with van der Waals surface area (Å²) in [6, 6.07) is 60.4. The number of nitrogens with zero attached hydrogens (tertiary/aromatic N) is 3. The number of para-hydroxylation sites is 2. The quantitative estimate of drug-likeness (QED) is 0.180. The average molecular weight is 692 g/mol. The summed E-state index contributed by atoms with van der Waals surface area (Å²) < 4.78 is 12.9. The Balaban J connectivity index is 1.10. The van der Waals surface area contributed by atoms with Crippen molar-refractivity contribution in [1.82, 2.24) is 15.0 Å². The second-order valence-corrected chi connectivity index (χ2v) is 13.6. The van der Waals surface area contributed by atoms with Crippen LogP contribution in [0.1, 0.15) is 0 Å². The van der Waals surface area contributed by atoms with Crippen LogP contribution in [0.3, 0.4) is 0 Å². The molecule has 0 spiro atoms. The van der Waals surface area contributed by atoms with Gasteiger partial charge in [-0.05, 0) is 63.9 Å². The first-order valence-electron chi connectivity index (χ1n) is 18.0. The van der Waals surface area contributed by atoms with Gasteiger partial charge >= 0.3 is 0 Å². The van der Waals surface area contributed by atoms with E-state index >= 15 is 0 Å². The van der Waals surface area contributed by atoms with E-state index in [4.69, 9.17) is 23.8 Å². The maximum atomic E-state index is 6.67. The predicted molar refractivity (Wildman–Crippen MR) is 219 cm³/mol. The molecule has 0 unspecified atom stereocenters. The number of aromatic nitrogens is 3. The van der Waals surface area contributed by atoms with Crippen LogP contribution in [0.25, 0.3) is 111 Å². The molecule has 0 aliphatic heterocycles. The van der Waals surface area contributed by atoms with Gasteiger partial charge < -0.3 is 8.83 Å². The van der Waals surface area contributed by atoms with Gasteiger partial charge in [0, 0.05) is 43.8 Å². The van der Waals surface area contributed by atoms with Crippen molar-refractivity contribution in [2.45, 2.75) is 0 Å². The smallest absolute Gasteiger partial charge is 0.164 e. The molecule has 0 radical (unpaired) electrons. The van der Waals surface area contributed by atoms with Crippen molar-refractivity contribution in [1.29, 1.82) is 0 Å². The molecule has 0 saturated carbocycles. The molecule has 11 aromatic rings. The van der Waals surface area contributed by atoms with Gasteiger partial charge in [0.05, 0.1) is 0 Å². The molecule has 0 amide bonds. The molecule has 0 aliphatic rings. The second-order valence-electron chi connectivity index (χ2n) is 13.6. The van der Waals surface area contributed by atoms with Gasteiger partial charge in [0.25, 0.3) is 0 Å². The number of furan rings is 2. The van der Waals surface area contributed by atoms with Crippen LogP contribution in [-0.4, -0.2) is 15.0 Å². The number of hydrogen-bond acceptors (Lipinski definition) is 5. The second kappa shape index (κ2) is 12.1. The topological polar surface area (TPSA) is 65.0 Å². The molecule has 252 valence electrons.